The molecule has 0 aliphatic heterocycles. The summed E-state index contributed by atoms with van der Waals surface area (Å²) in [5.41, 5.74) is 1.10. The highest BCUT2D eigenvalue weighted by Gasteiger charge is 2.14. The fraction of sp³-hybridized carbons (Fsp3) is 0.250. The topological polar surface area (TPSA) is 93.2 Å². The first-order valence-electron chi connectivity index (χ1n) is 7.79. The van der Waals surface area contributed by atoms with Gasteiger partial charge in [-0.2, -0.15) is 4.37 Å². The Labute approximate surface area is 160 Å². The number of methoxy groups -OCH3 is 1. The molecule has 0 aliphatic carbocycles. The minimum Gasteiger partial charge on any atom is -0.497 e. The van der Waals surface area contributed by atoms with Crippen LogP contribution in [0.3, 0.4) is 0 Å². The lowest BCUT2D eigenvalue weighted by molar-refractivity contribution is 0.414. The molecule has 0 aliphatic rings. The number of ether oxygens (including phenoxy) is 1. The number of rotatable bonds is 9. The molecule has 0 bridgehead atoms. The molecule has 0 fully saturated rings. The molecule has 138 valence electrons. The zero-order valence-corrected chi connectivity index (χ0v) is 16.5. The number of benzene rings is 1. The van der Waals surface area contributed by atoms with Gasteiger partial charge in [0.25, 0.3) is 0 Å². The fourth-order valence-corrected chi connectivity index (χ4v) is 4.85. The van der Waals surface area contributed by atoms with Gasteiger partial charge in [-0.3, -0.25) is 0 Å². The lowest BCUT2D eigenvalue weighted by Gasteiger charge is -2.05. The Kier molecular flexibility index (Phi) is 6.20. The molecule has 1 aromatic carbocycles. The van der Waals surface area contributed by atoms with Crippen molar-refractivity contribution in [3.63, 3.8) is 0 Å². The van der Waals surface area contributed by atoms with Gasteiger partial charge in [0.2, 0.25) is 15.2 Å². The summed E-state index contributed by atoms with van der Waals surface area (Å²) in [6.45, 7) is 0.704. The van der Waals surface area contributed by atoms with Gasteiger partial charge in [0.1, 0.15) is 15.8 Å². The Morgan fingerprint density at radius 3 is 2.65 bits per heavy atom. The van der Waals surface area contributed by atoms with Crippen LogP contribution in [-0.2, 0) is 16.4 Å². The predicted molar refractivity (Wildman–Crippen MR) is 104 cm³/mol. The molecule has 0 atom stereocenters. The van der Waals surface area contributed by atoms with E-state index in [9.17, 15) is 8.42 Å². The summed E-state index contributed by atoms with van der Waals surface area (Å²) in [4.78, 5) is 4.42. The largest absolute Gasteiger partial charge is 0.497 e. The van der Waals surface area contributed by atoms with E-state index < -0.39 is 10.0 Å². The lowest BCUT2D eigenvalue weighted by atomic mass is 10.1. The van der Waals surface area contributed by atoms with E-state index in [1.165, 1.54) is 22.9 Å². The third-order valence-corrected chi connectivity index (χ3v) is 7.01. The Morgan fingerprint density at radius 2 is 1.96 bits per heavy atom. The minimum absolute atomic E-state index is 0.271. The van der Waals surface area contributed by atoms with Gasteiger partial charge in [-0.25, -0.2) is 18.1 Å². The van der Waals surface area contributed by atoms with Crippen LogP contribution >= 0.6 is 22.9 Å². The van der Waals surface area contributed by atoms with E-state index in [2.05, 4.69) is 19.4 Å². The quantitative estimate of drug-likeness (QED) is 0.527. The van der Waals surface area contributed by atoms with Crippen molar-refractivity contribution in [3.8, 4) is 5.75 Å². The van der Waals surface area contributed by atoms with Crippen LogP contribution in [0.25, 0.3) is 0 Å². The highest BCUT2D eigenvalue weighted by atomic mass is 32.2. The minimum atomic E-state index is -3.43. The van der Waals surface area contributed by atoms with Crippen molar-refractivity contribution in [1.29, 1.82) is 0 Å². The van der Waals surface area contributed by atoms with Crippen molar-refractivity contribution < 1.29 is 13.2 Å². The van der Waals surface area contributed by atoms with Crippen LogP contribution < -0.4 is 14.8 Å². The van der Waals surface area contributed by atoms with Crippen molar-refractivity contribution in [3.05, 3.63) is 53.2 Å². The normalized spacial score (nSPS) is 11.4. The number of anilines is 1. The maximum atomic E-state index is 12.0. The molecule has 2 heterocycles. The second-order valence-corrected chi connectivity index (χ2v) is 8.99. The predicted octanol–water partition coefficient (Wildman–Crippen LogP) is 2.59. The van der Waals surface area contributed by atoms with Crippen LogP contribution in [0.2, 0.25) is 0 Å². The van der Waals surface area contributed by atoms with E-state index in [1.54, 1.807) is 24.6 Å². The Balaban J connectivity index is 1.46. The first-order valence-corrected chi connectivity index (χ1v) is 10.9. The zero-order valence-electron chi connectivity index (χ0n) is 14.0. The van der Waals surface area contributed by atoms with Gasteiger partial charge in [0, 0.05) is 31.0 Å². The highest BCUT2D eigenvalue weighted by molar-refractivity contribution is 7.91. The lowest BCUT2D eigenvalue weighted by Crippen LogP contribution is -2.28. The maximum Gasteiger partial charge on any atom is 0.250 e. The first-order chi connectivity index (χ1) is 12.6. The molecule has 0 radical (unpaired) electrons. The monoisotopic (exact) mass is 410 g/mol. The average Bonchev–Trinajstić information content (AvgIpc) is 3.32. The van der Waals surface area contributed by atoms with Crippen molar-refractivity contribution >= 4 is 38.0 Å². The molecular weight excluding hydrogens is 392 g/mol. The smallest absolute Gasteiger partial charge is 0.250 e. The number of aromatic nitrogens is 2. The van der Waals surface area contributed by atoms with E-state index in [-0.39, 0.29) is 6.54 Å². The van der Waals surface area contributed by atoms with Crippen LogP contribution in [0.4, 0.5) is 5.13 Å². The maximum absolute atomic E-state index is 12.0. The van der Waals surface area contributed by atoms with E-state index in [4.69, 9.17) is 4.74 Å². The number of thiophene rings is 1. The molecular formula is C16H18N4O3S3. The van der Waals surface area contributed by atoms with Gasteiger partial charge in [0.05, 0.1) is 7.11 Å². The zero-order chi connectivity index (χ0) is 18.4. The molecule has 7 nitrogen and oxygen atoms in total. The standard InChI is InChI=1S/C16H18N4O3S3/c1-23-13-6-4-12(5-7-13)11-14-19-16(25-20-14)17-8-9-18-26(21,22)15-3-2-10-24-15/h2-7,10,18H,8-9,11H2,1H3,(H,17,19,20). The van der Waals surface area contributed by atoms with Crippen molar-refractivity contribution in [2.75, 3.05) is 25.5 Å². The van der Waals surface area contributed by atoms with Crippen LogP contribution in [0.15, 0.2) is 46.0 Å². The van der Waals surface area contributed by atoms with Gasteiger partial charge in [-0.05, 0) is 29.1 Å². The van der Waals surface area contributed by atoms with Crippen LogP contribution in [0, 0.1) is 0 Å². The molecule has 3 rings (SSSR count). The van der Waals surface area contributed by atoms with E-state index >= 15 is 0 Å². The highest BCUT2D eigenvalue weighted by Crippen LogP contribution is 2.17. The van der Waals surface area contributed by atoms with Gasteiger partial charge < -0.3 is 10.1 Å². The number of hydrogen-bond donors (Lipinski definition) is 2. The van der Waals surface area contributed by atoms with Gasteiger partial charge in [-0.1, -0.05) is 18.2 Å². The van der Waals surface area contributed by atoms with Gasteiger partial charge in [-0.15, -0.1) is 11.3 Å². The number of nitrogens with one attached hydrogen (secondary N) is 2. The summed E-state index contributed by atoms with van der Waals surface area (Å²) < 4.78 is 36.3. The SMILES string of the molecule is COc1ccc(Cc2nsc(NCCNS(=O)(=O)c3cccs3)n2)cc1. The number of nitrogens with zero attached hydrogens (tertiary/aromatic N) is 2. The molecule has 0 spiro atoms. The molecule has 0 unspecified atom stereocenters. The third kappa shape index (κ3) is 5.01. The van der Waals surface area contributed by atoms with E-state index in [0.29, 0.717) is 22.3 Å². The Bertz CT molecular complexity index is 922. The summed E-state index contributed by atoms with van der Waals surface area (Å²) in [5, 5.41) is 5.49. The molecule has 0 saturated heterocycles. The van der Waals surface area contributed by atoms with E-state index in [1.807, 2.05) is 24.3 Å². The van der Waals surface area contributed by atoms with Crippen LogP contribution in [-0.4, -0.2) is 38.0 Å². The number of hydrogen-bond acceptors (Lipinski definition) is 8. The summed E-state index contributed by atoms with van der Waals surface area (Å²) in [5.74, 6) is 1.54. The fourth-order valence-electron chi connectivity index (χ4n) is 2.17. The van der Waals surface area contributed by atoms with Crippen LogP contribution in [0.5, 0.6) is 5.75 Å². The molecule has 2 N–H and O–H groups in total. The Morgan fingerprint density at radius 1 is 1.15 bits per heavy atom. The molecule has 0 saturated carbocycles. The number of sulfonamides is 1. The van der Waals surface area contributed by atoms with Gasteiger partial charge in [0.15, 0.2) is 0 Å². The van der Waals surface area contributed by atoms with Crippen molar-refractivity contribution in [2.24, 2.45) is 0 Å². The van der Waals surface area contributed by atoms with Crippen LogP contribution in [0.1, 0.15) is 11.4 Å². The van der Waals surface area contributed by atoms with Crippen molar-refractivity contribution in [2.45, 2.75) is 10.6 Å². The third-order valence-electron chi connectivity index (χ3n) is 3.44. The summed E-state index contributed by atoms with van der Waals surface area (Å²) >= 11 is 2.45. The summed E-state index contributed by atoms with van der Waals surface area (Å²) in [6, 6.07) is 11.1. The summed E-state index contributed by atoms with van der Waals surface area (Å²) in [7, 11) is -1.79. The van der Waals surface area contributed by atoms with Crippen molar-refractivity contribution in [1.82, 2.24) is 14.1 Å². The molecule has 10 heteroatoms. The summed E-state index contributed by atoms with van der Waals surface area (Å²) in [6.07, 6.45) is 0.632. The second-order valence-electron chi connectivity index (χ2n) is 5.30. The first kappa shape index (κ1) is 18.8. The average molecular weight is 411 g/mol. The molecule has 0 amide bonds. The van der Waals surface area contributed by atoms with Gasteiger partial charge >= 0.3 is 0 Å². The molecule has 26 heavy (non-hydrogen) atoms. The van der Waals surface area contributed by atoms with E-state index in [0.717, 1.165) is 17.1 Å². The molecule has 3 aromatic rings. The second kappa shape index (κ2) is 8.58. The molecule has 2 aromatic heterocycles. The Hall–Kier alpha value is -2.01.